The molecule has 1 amide bonds. The van der Waals surface area contributed by atoms with Gasteiger partial charge in [0.1, 0.15) is 0 Å². The first-order valence-electron chi connectivity index (χ1n) is 12.0. The monoisotopic (exact) mass is 449 g/mol. The Kier molecular flexibility index (Phi) is 7.82. The van der Waals surface area contributed by atoms with Gasteiger partial charge >= 0.3 is 0 Å². The van der Waals surface area contributed by atoms with Crippen LogP contribution in [0.2, 0.25) is 0 Å². The topological polar surface area (TPSA) is 54.4 Å². The number of nitrogens with one attached hydrogen (secondary N) is 1. The van der Waals surface area contributed by atoms with Crippen molar-refractivity contribution in [3.05, 3.63) is 102 Å². The minimum atomic E-state index is -0.248. The normalized spacial score (nSPS) is 11.5. The van der Waals surface area contributed by atoms with Crippen molar-refractivity contribution in [1.82, 2.24) is 10.4 Å². The average Bonchev–Trinajstić information content (AvgIpc) is 2.89. The maximum absolute atomic E-state index is 13.2. The molecule has 0 fully saturated rings. The van der Waals surface area contributed by atoms with Gasteiger partial charge in [0.15, 0.2) is 0 Å². The highest BCUT2D eigenvalue weighted by molar-refractivity contribution is 6.08. The largest absolute Gasteiger partial charge is 0.272 e. The first-order chi connectivity index (χ1) is 16.7. The summed E-state index contributed by atoms with van der Waals surface area (Å²) in [5.41, 5.74) is 8.94. The Bertz CT molecular complexity index is 1280. The molecule has 4 aromatic rings. The van der Waals surface area contributed by atoms with E-state index in [4.69, 9.17) is 4.98 Å². The number of carbonyl (C=O) groups is 1. The number of aromatic nitrogens is 1. The molecule has 0 unspecified atom stereocenters. The molecule has 0 atom stereocenters. The van der Waals surface area contributed by atoms with E-state index in [-0.39, 0.29) is 5.91 Å². The number of pyridine rings is 1. The van der Waals surface area contributed by atoms with E-state index in [1.54, 1.807) is 0 Å². The number of rotatable bonds is 9. The fraction of sp³-hybridized carbons (Fsp3) is 0.233. The fourth-order valence-corrected chi connectivity index (χ4v) is 4.05. The van der Waals surface area contributed by atoms with E-state index < -0.39 is 0 Å². The molecule has 4 rings (SSSR count). The maximum Gasteiger partial charge on any atom is 0.272 e. The SMILES string of the molecule is CCCCCCc1ccc(C(C)=NNC(=O)c2cc(-c3ccccc3)nc3ccccc23)cc1. The van der Waals surface area contributed by atoms with Crippen LogP contribution in [0.4, 0.5) is 0 Å². The van der Waals surface area contributed by atoms with Crippen molar-refractivity contribution in [3.63, 3.8) is 0 Å². The lowest BCUT2D eigenvalue weighted by molar-refractivity contribution is 0.0956. The molecule has 1 N–H and O–H groups in total. The van der Waals surface area contributed by atoms with Gasteiger partial charge in [-0.25, -0.2) is 10.4 Å². The maximum atomic E-state index is 13.2. The first-order valence-corrected chi connectivity index (χ1v) is 12.0. The van der Waals surface area contributed by atoms with Crippen molar-refractivity contribution < 1.29 is 4.79 Å². The van der Waals surface area contributed by atoms with Gasteiger partial charge in [-0.15, -0.1) is 0 Å². The lowest BCUT2D eigenvalue weighted by Crippen LogP contribution is -2.20. The number of benzene rings is 3. The predicted molar refractivity (Wildman–Crippen MR) is 141 cm³/mol. The van der Waals surface area contributed by atoms with Crippen LogP contribution in [0.5, 0.6) is 0 Å². The quantitative estimate of drug-likeness (QED) is 0.167. The van der Waals surface area contributed by atoms with Crippen molar-refractivity contribution in [3.8, 4) is 11.3 Å². The summed E-state index contributed by atoms with van der Waals surface area (Å²) in [5, 5.41) is 5.20. The van der Waals surface area contributed by atoms with Crippen molar-refractivity contribution in [1.29, 1.82) is 0 Å². The molecule has 4 nitrogen and oxygen atoms in total. The molecule has 4 heteroatoms. The molecule has 0 aliphatic rings. The highest BCUT2D eigenvalue weighted by Gasteiger charge is 2.14. The number of hydrogen-bond acceptors (Lipinski definition) is 3. The van der Waals surface area contributed by atoms with Crippen LogP contribution in [0.3, 0.4) is 0 Å². The smallest absolute Gasteiger partial charge is 0.267 e. The van der Waals surface area contributed by atoms with Crippen molar-refractivity contribution in [2.45, 2.75) is 46.0 Å². The molecule has 172 valence electrons. The number of hydrazone groups is 1. The number of hydrogen-bond donors (Lipinski definition) is 1. The van der Waals surface area contributed by atoms with Crippen LogP contribution in [-0.4, -0.2) is 16.6 Å². The highest BCUT2D eigenvalue weighted by Crippen LogP contribution is 2.24. The zero-order chi connectivity index (χ0) is 23.8. The number of unbranched alkanes of at least 4 members (excludes halogenated alkanes) is 3. The number of aryl methyl sites for hydroxylation is 1. The second-order valence-electron chi connectivity index (χ2n) is 8.58. The van der Waals surface area contributed by atoms with Crippen LogP contribution in [0.15, 0.2) is 90.0 Å². The zero-order valence-electron chi connectivity index (χ0n) is 19.9. The average molecular weight is 450 g/mol. The van der Waals surface area contributed by atoms with Gasteiger partial charge in [0.05, 0.1) is 22.5 Å². The summed E-state index contributed by atoms with van der Waals surface area (Å²) in [6.07, 6.45) is 6.15. The Labute approximate surface area is 201 Å². The number of nitrogens with zero attached hydrogens (tertiary/aromatic N) is 2. The Hall–Kier alpha value is -3.79. The second-order valence-corrected chi connectivity index (χ2v) is 8.58. The van der Waals surface area contributed by atoms with E-state index in [9.17, 15) is 4.79 Å². The molecule has 0 saturated carbocycles. The summed E-state index contributed by atoms with van der Waals surface area (Å²) in [5.74, 6) is -0.248. The minimum absolute atomic E-state index is 0.248. The van der Waals surface area contributed by atoms with Crippen LogP contribution in [0, 0.1) is 0 Å². The minimum Gasteiger partial charge on any atom is -0.267 e. The Balaban J connectivity index is 1.51. The van der Waals surface area contributed by atoms with Gasteiger partial charge in [-0.2, -0.15) is 5.10 Å². The molecule has 0 aliphatic carbocycles. The lowest BCUT2D eigenvalue weighted by atomic mass is 10.0. The van der Waals surface area contributed by atoms with E-state index in [2.05, 4.69) is 41.7 Å². The lowest BCUT2D eigenvalue weighted by Gasteiger charge is -2.10. The van der Waals surface area contributed by atoms with Gasteiger partial charge in [0, 0.05) is 10.9 Å². The Morgan fingerprint density at radius 1 is 0.882 bits per heavy atom. The van der Waals surface area contributed by atoms with Crippen LogP contribution in [0.25, 0.3) is 22.2 Å². The highest BCUT2D eigenvalue weighted by atomic mass is 16.2. The first kappa shape index (κ1) is 23.4. The van der Waals surface area contributed by atoms with Crippen molar-refractivity contribution in [2.24, 2.45) is 5.10 Å². The summed E-state index contributed by atoms with van der Waals surface area (Å²) < 4.78 is 0. The molecule has 34 heavy (non-hydrogen) atoms. The summed E-state index contributed by atoms with van der Waals surface area (Å²) in [6, 6.07) is 27.9. The van der Waals surface area contributed by atoms with Gasteiger partial charge in [-0.1, -0.05) is 99.0 Å². The second kappa shape index (κ2) is 11.4. The third-order valence-corrected chi connectivity index (χ3v) is 6.05. The van der Waals surface area contributed by atoms with Crippen LogP contribution in [0.1, 0.15) is 61.0 Å². The number of carbonyl (C=O) groups excluding carboxylic acids is 1. The van der Waals surface area contributed by atoms with Gasteiger partial charge in [-0.3, -0.25) is 4.79 Å². The summed E-state index contributed by atoms with van der Waals surface area (Å²) in [7, 11) is 0. The fourth-order valence-electron chi connectivity index (χ4n) is 4.05. The third kappa shape index (κ3) is 5.76. The summed E-state index contributed by atoms with van der Waals surface area (Å²) >= 11 is 0. The van der Waals surface area contributed by atoms with Gasteiger partial charge in [-0.05, 0) is 43.0 Å². The van der Waals surface area contributed by atoms with E-state index in [0.29, 0.717) is 5.56 Å². The van der Waals surface area contributed by atoms with Crippen molar-refractivity contribution >= 4 is 22.5 Å². The van der Waals surface area contributed by atoms with Gasteiger partial charge in [0.25, 0.3) is 5.91 Å². The van der Waals surface area contributed by atoms with Crippen molar-refractivity contribution in [2.75, 3.05) is 0 Å². The molecule has 0 saturated heterocycles. The molecule has 0 aliphatic heterocycles. The van der Waals surface area contributed by atoms with E-state index in [1.807, 2.05) is 67.6 Å². The Morgan fingerprint density at radius 2 is 1.62 bits per heavy atom. The van der Waals surface area contributed by atoms with E-state index >= 15 is 0 Å². The molecule has 0 radical (unpaired) electrons. The van der Waals surface area contributed by atoms with Gasteiger partial charge in [0.2, 0.25) is 0 Å². The summed E-state index contributed by atoms with van der Waals surface area (Å²) in [6.45, 7) is 4.14. The number of para-hydroxylation sites is 1. The Morgan fingerprint density at radius 3 is 2.38 bits per heavy atom. The van der Waals surface area contributed by atoms with E-state index in [0.717, 1.165) is 39.9 Å². The molecule has 1 heterocycles. The molecular formula is C30H31N3O. The standard InChI is InChI=1S/C30H31N3O/c1-3-4-5-7-12-23-17-19-24(20-18-23)22(2)32-33-30(34)27-21-29(25-13-8-6-9-14-25)31-28-16-11-10-15-26(27)28/h6,8-11,13-21H,3-5,7,12H2,1-2H3,(H,33,34). The zero-order valence-corrected chi connectivity index (χ0v) is 19.9. The molecule has 1 aromatic heterocycles. The predicted octanol–water partition coefficient (Wildman–Crippen LogP) is 7.18. The van der Waals surface area contributed by atoms with Crippen LogP contribution in [-0.2, 0) is 6.42 Å². The molecule has 0 spiro atoms. The number of amides is 1. The van der Waals surface area contributed by atoms with Crippen LogP contribution < -0.4 is 5.43 Å². The van der Waals surface area contributed by atoms with E-state index in [1.165, 1.54) is 31.2 Å². The molecule has 0 bridgehead atoms. The molecular weight excluding hydrogens is 418 g/mol. The van der Waals surface area contributed by atoms with Crippen LogP contribution >= 0.6 is 0 Å². The summed E-state index contributed by atoms with van der Waals surface area (Å²) in [4.78, 5) is 17.9. The van der Waals surface area contributed by atoms with Gasteiger partial charge < -0.3 is 0 Å². The number of fused-ring (bicyclic) bond motifs is 1. The third-order valence-electron chi connectivity index (χ3n) is 6.05. The molecule has 3 aromatic carbocycles.